The van der Waals surface area contributed by atoms with Crippen molar-refractivity contribution in [1.82, 2.24) is 4.98 Å². The summed E-state index contributed by atoms with van der Waals surface area (Å²) in [5.74, 6) is 0. The number of nitrogens with zero attached hydrogens (tertiary/aromatic N) is 1. The predicted octanol–water partition coefficient (Wildman–Crippen LogP) is 4.36. The van der Waals surface area contributed by atoms with Gasteiger partial charge < -0.3 is 5.32 Å². The zero-order valence-corrected chi connectivity index (χ0v) is 12.4. The normalized spacial score (nSPS) is 11.7. The Morgan fingerprint density at radius 2 is 2.25 bits per heavy atom. The largest absolute Gasteiger partial charge is 0.361 e. The molecule has 2 aromatic heterocycles. The molecule has 0 unspecified atom stereocenters. The van der Waals surface area contributed by atoms with Gasteiger partial charge in [0.2, 0.25) is 0 Å². The molecule has 0 spiro atoms. The number of hydrogen-bond acceptors (Lipinski definition) is 4. The molecule has 1 N–H and O–H groups in total. The van der Waals surface area contributed by atoms with Crippen LogP contribution >= 0.6 is 38.6 Å². The van der Waals surface area contributed by atoms with Gasteiger partial charge in [0.15, 0.2) is 5.13 Å². The number of aromatic nitrogens is 1. The molecule has 0 bridgehead atoms. The first-order valence-electron chi connectivity index (χ1n) is 4.97. The summed E-state index contributed by atoms with van der Waals surface area (Å²) >= 11 is 6.78. The number of thiophene rings is 1. The van der Waals surface area contributed by atoms with Gasteiger partial charge in [0, 0.05) is 22.2 Å². The average molecular weight is 317 g/mol. The topological polar surface area (TPSA) is 24.9 Å². The van der Waals surface area contributed by atoms with Gasteiger partial charge in [-0.25, -0.2) is 4.98 Å². The van der Waals surface area contributed by atoms with Crippen LogP contribution in [0.15, 0.2) is 27.5 Å². The molecule has 0 aromatic carbocycles. The van der Waals surface area contributed by atoms with Crippen LogP contribution in [0.1, 0.15) is 18.7 Å². The molecule has 2 rings (SSSR count). The molecule has 0 atom stereocenters. The Morgan fingerprint density at radius 3 is 2.81 bits per heavy atom. The third-order valence-electron chi connectivity index (χ3n) is 2.35. The lowest BCUT2D eigenvalue weighted by Crippen LogP contribution is -2.26. The molecular weight excluding hydrogens is 304 g/mol. The SMILES string of the molecule is CC(C)(CNc1nc(Br)cs1)c1cccs1. The molecule has 0 saturated carbocycles. The summed E-state index contributed by atoms with van der Waals surface area (Å²) in [5.41, 5.74) is 0.145. The molecule has 2 heterocycles. The highest BCUT2D eigenvalue weighted by molar-refractivity contribution is 9.10. The van der Waals surface area contributed by atoms with Crippen LogP contribution in [0.5, 0.6) is 0 Å². The molecule has 2 nitrogen and oxygen atoms in total. The number of hydrogen-bond donors (Lipinski definition) is 1. The second kappa shape index (κ2) is 4.85. The van der Waals surface area contributed by atoms with Crippen LogP contribution in [-0.4, -0.2) is 11.5 Å². The minimum Gasteiger partial charge on any atom is -0.361 e. The smallest absolute Gasteiger partial charge is 0.183 e. The quantitative estimate of drug-likeness (QED) is 0.906. The number of nitrogens with one attached hydrogen (secondary N) is 1. The Bertz CT molecular complexity index is 448. The van der Waals surface area contributed by atoms with Crippen molar-refractivity contribution in [3.8, 4) is 0 Å². The van der Waals surface area contributed by atoms with Crippen LogP contribution in [-0.2, 0) is 5.41 Å². The van der Waals surface area contributed by atoms with Crippen LogP contribution in [0.4, 0.5) is 5.13 Å². The van der Waals surface area contributed by atoms with Crippen molar-refractivity contribution in [2.24, 2.45) is 0 Å². The molecule has 16 heavy (non-hydrogen) atoms. The van der Waals surface area contributed by atoms with E-state index in [1.165, 1.54) is 4.88 Å². The van der Waals surface area contributed by atoms with E-state index in [1.54, 1.807) is 22.7 Å². The van der Waals surface area contributed by atoms with Crippen LogP contribution in [0.3, 0.4) is 0 Å². The number of anilines is 1. The maximum Gasteiger partial charge on any atom is 0.183 e. The molecule has 0 aliphatic rings. The van der Waals surface area contributed by atoms with E-state index in [9.17, 15) is 0 Å². The number of halogens is 1. The van der Waals surface area contributed by atoms with Gasteiger partial charge in [-0.15, -0.1) is 22.7 Å². The minimum absolute atomic E-state index is 0.145. The molecular formula is C11H13BrN2S2. The summed E-state index contributed by atoms with van der Waals surface area (Å²) in [4.78, 5) is 5.72. The van der Waals surface area contributed by atoms with E-state index >= 15 is 0 Å². The minimum atomic E-state index is 0.145. The highest BCUT2D eigenvalue weighted by Gasteiger charge is 2.21. The average Bonchev–Trinajstić information content (AvgIpc) is 2.85. The van der Waals surface area contributed by atoms with Gasteiger partial charge in [0.05, 0.1) is 0 Å². The summed E-state index contributed by atoms with van der Waals surface area (Å²) in [6.07, 6.45) is 0. The van der Waals surface area contributed by atoms with E-state index in [2.05, 4.69) is 57.6 Å². The van der Waals surface area contributed by atoms with Crippen LogP contribution < -0.4 is 5.32 Å². The zero-order valence-electron chi connectivity index (χ0n) is 9.16. The lowest BCUT2D eigenvalue weighted by atomic mass is 9.91. The lowest BCUT2D eigenvalue weighted by molar-refractivity contribution is 0.569. The summed E-state index contributed by atoms with van der Waals surface area (Å²) < 4.78 is 0.897. The van der Waals surface area contributed by atoms with E-state index in [0.717, 1.165) is 16.3 Å². The van der Waals surface area contributed by atoms with Crippen LogP contribution in [0, 0.1) is 0 Å². The van der Waals surface area contributed by atoms with Crippen molar-refractivity contribution in [3.63, 3.8) is 0 Å². The fraction of sp³-hybridized carbons (Fsp3) is 0.364. The lowest BCUT2D eigenvalue weighted by Gasteiger charge is -2.23. The Hall–Kier alpha value is -0.390. The van der Waals surface area contributed by atoms with E-state index in [1.807, 2.05) is 5.38 Å². The summed E-state index contributed by atoms with van der Waals surface area (Å²) in [7, 11) is 0. The Labute approximate surface area is 112 Å². The molecule has 0 fully saturated rings. The molecule has 0 saturated heterocycles. The molecule has 2 aromatic rings. The molecule has 86 valence electrons. The van der Waals surface area contributed by atoms with E-state index in [4.69, 9.17) is 0 Å². The first-order chi connectivity index (χ1) is 7.58. The molecule has 0 aliphatic carbocycles. The molecule has 0 radical (unpaired) electrons. The van der Waals surface area contributed by atoms with Crippen molar-refractivity contribution in [3.05, 3.63) is 32.4 Å². The summed E-state index contributed by atoms with van der Waals surface area (Å²) in [6.45, 7) is 5.39. The van der Waals surface area contributed by atoms with Crippen molar-refractivity contribution in [1.29, 1.82) is 0 Å². The monoisotopic (exact) mass is 316 g/mol. The van der Waals surface area contributed by atoms with Crippen LogP contribution in [0.2, 0.25) is 0 Å². The predicted molar refractivity (Wildman–Crippen MR) is 75.6 cm³/mol. The van der Waals surface area contributed by atoms with Crippen molar-refractivity contribution in [2.75, 3.05) is 11.9 Å². The van der Waals surface area contributed by atoms with Crippen molar-refractivity contribution in [2.45, 2.75) is 19.3 Å². The van der Waals surface area contributed by atoms with E-state index in [-0.39, 0.29) is 5.41 Å². The van der Waals surface area contributed by atoms with Crippen molar-refractivity contribution < 1.29 is 0 Å². The third kappa shape index (κ3) is 2.84. The highest BCUT2D eigenvalue weighted by Crippen LogP contribution is 2.28. The Balaban J connectivity index is 2.00. The zero-order chi connectivity index (χ0) is 11.6. The van der Waals surface area contributed by atoms with E-state index in [0.29, 0.717) is 0 Å². The van der Waals surface area contributed by atoms with Gasteiger partial charge in [-0.05, 0) is 27.4 Å². The van der Waals surface area contributed by atoms with Gasteiger partial charge >= 0.3 is 0 Å². The Morgan fingerprint density at radius 1 is 1.44 bits per heavy atom. The molecule has 0 aliphatic heterocycles. The van der Waals surface area contributed by atoms with Crippen molar-refractivity contribution >= 4 is 43.7 Å². The van der Waals surface area contributed by atoms with Gasteiger partial charge in [-0.3, -0.25) is 0 Å². The summed E-state index contributed by atoms with van der Waals surface area (Å²) in [6, 6.07) is 4.28. The second-order valence-electron chi connectivity index (χ2n) is 4.19. The maximum absolute atomic E-state index is 4.32. The van der Waals surface area contributed by atoms with Gasteiger partial charge in [-0.2, -0.15) is 0 Å². The molecule has 5 heteroatoms. The van der Waals surface area contributed by atoms with Gasteiger partial charge in [0.1, 0.15) is 4.60 Å². The van der Waals surface area contributed by atoms with Gasteiger partial charge in [0.25, 0.3) is 0 Å². The third-order valence-corrected chi connectivity index (χ3v) is 5.09. The second-order valence-corrected chi connectivity index (χ2v) is 6.81. The standard InChI is InChI=1S/C11H13BrN2S2/c1-11(2,8-4-3-5-15-8)7-13-10-14-9(12)6-16-10/h3-6H,7H2,1-2H3,(H,13,14). The highest BCUT2D eigenvalue weighted by atomic mass is 79.9. The number of thiazole rings is 1. The Kier molecular flexibility index (Phi) is 3.66. The molecule has 0 amide bonds. The maximum atomic E-state index is 4.32. The number of rotatable bonds is 4. The summed E-state index contributed by atoms with van der Waals surface area (Å²) in [5, 5.41) is 8.46. The van der Waals surface area contributed by atoms with Gasteiger partial charge in [-0.1, -0.05) is 19.9 Å². The fourth-order valence-corrected chi connectivity index (χ4v) is 3.38. The first-order valence-corrected chi connectivity index (χ1v) is 7.52. The van der Waals surface area contributed by atoms with Crippen LogP contribution in [0.25, 0.3) is 0 Å². The first kappa shape index (κ1) is 12.1. The van der Waals surface area contributed by atoms with E-state index < -0.39 is 0 Å². The fourth-order valence-electron chi connectivity index (χ4n) is 1.38.